The third-order valence-corrected chi connectivity index (χ3v) is 3.69. The van der Waals surface area contributed by atoms with E-state index in [1.165, 1.54) is 25.9 Å². The van der Waals surface area contributed by atoms with E-state index >= 15 is 0 Å². The number of hydrogen-bond acceptors (Lipinski definition) is 2. The van der Waals surface area contributed by atoms with Gasteiger partial charge in [0.15, 0.2) is 0 Å². The first-order valence-corrected chi connectivity index (χ1v) is 6.11. The zero-order valence-corrected chi connectivity index (χ0v) is 10.1. The monoisotopic (exact) mass is 198 g/mol. The van der Waals surface area contributed by atoms with Crippen molar-refractivity contribution >= 4 is 0 Å². The van der Waals surface area contributed by atoms with Crippen LogP contribution < -0.4 is 5.73 Å². The molecule has 1 unspecified atom stereocenters. The molecule has 0 spiro atoms. The number of nitrogens with two attached hydrogens (primary N) is 1. The summed E-state index contributed by atoms with van der Waals surface area (Å²) in [5.41, 5.74) is 6.38. The lowest BCUT2D eigenvalue weighted by Gasteiger charge is -2.38. The summed E-state index contributed by atoms with van der Waals surface area (Å²) in [6.45, 7) is 10.3. The smallest absolute Gasteiger partial charge is 0.0278 e. The van der Waals surface area contributed by atoms with Gasteiger partial charge in [0.1, 0.15) is 0 Å². The van der Waals surface area contributed by atoms with Crippen LogP contribution in [0.4, 0.5) is 0 Å². The first kappa shape index (κ1) is 12.0. The van der Waals surface area contributed by atoms with Gasteiger partial charge in [0.2, 0.25) is 0 Å². The van der Waals surface area contributed by atoms with E-state index in [1.54, 1.807) is 0 Å². The van der Waals surface area contributed by atoms with Crippen LogP contribution in [0.15, 0.2) is 0 Å². The molecule has 1 heterocycles. The van der Waals surface area contributed by atoms with Gasteiger partial charge >= 0.3 is 0 Å². The van der Waals surface area contributed by atoms with Crippen LogP contribution in [-0.2, 0) is 0 Å². The molecule has 2 nitrogen and oxygen atoms in total. The average molecular weight is 198 g/mol. The Morgan fingerprint density at radius 2 is 2.00 bits per heavy atom. The van der Waals surface area contributed by atoms with Gasteiger partial charge in [-0.25, -0.2) is 0 Å². The third kappa shape index (κ3) is 3.25. The van der Waals surface area contributed by atoms with Crippen molar-refractivity contribution in [3.8, 4) is 0 Å². The van der Waals surface area contributed by atoms with E-state index in [2.05, 4.69) is 25.7 Å². The highest BCUT2D eigenvalue weighted by Gasteiger charge is 2.26. The molecule has 1 atom stereocenters. The highest BCUT2D eigenvalue weighted by Crippen LogP contribution is 2.20. The summed E-state index contributed by atoms with van der Waals surface area (Å²) in [7, 11) is 0. The molecule has 1 fully saturated rings. The maximum Gasteiger partial charge on any atom is 0.0278 e. The van der Waals surface area contributed by atoms with Gasteiger partial charge in [-0.05, 0) is 38.1 Å². The van der Waals surface area contributed by atoms with E-state index in [1.807, 2.05) is 0 Å². The van der Waals surface area contributed by atoms with Crippen molar-refractivity contribution in [2.75, 3.05) is 19.6 Å². The molecule has 0 aliphatic carbocycles. The van der Waals surface area contributed by atoms with Crippen molar-refractivity contribution in [3.05, 3.63) is 0 Å². The van der Waals surface area contributed by atoms with Crippen molar-refractivity contribution in [3.63, 3.8) is 0 Å². The van der Waals surface area contributed by atoms with Crippen molar-refractivity contribution in [2.45, 2.75) is 52.0 Å². The van der Waals surface area contributed by atoms with Crippen molar-refractivity contribution in [2.24, 2.45) is 11.7 Å². The van der Waals surface area contributed by atoms with Gasteiger partial charge in [-0.2, -0.15) is 0 Å². The lowest BCUT2D eigenvalue weighted by molar-refractivity contribution is 0.141. The standard InChI is InChI=1S/C12H26N2/c1-4-12(13,5-2)10-14-8-6-7-11(3)9-14/h11H,4-10,13H2,1-3H3. The van der Waals surface area contributed by atoms with Gasteiger partial charge in [-0.3, -0.25) is 0 Å². The second kappa shape index (κ2) is 5.13. The Balaban J connectivity index is 2.41. The van der Waals surface area contributed by atoms with E-state index in [-0.39, 0.29) is 5.54 Å². The van der Waals surface area contributed by atoms with Gasteiger partial charge < -0.3 is 10.6 Å². The Hall–Kier alpha value is -0.0800. The van der Waals surface area contributed by atoms with Crippen LogP contribution in [0.3, 0.4) is 0 Å². The van der Waals surface area contributed by atoms with E-state index in [0.717, 1.165) is 25.3 Å². The Bertz CT molecular complexity index is 164. The normalized spacial score (nSPS) is 25.3. The first-order valence-electron chi connectivity index (χ1n) is 6.11. The molecule has 14 heavy (non-hydrogen) atoms. The Morgan fingerprint density at radius 3 is 2.50 bits per heavy atom. The summed E-state index contributed by atoms with van der Waals surface area (Å²) in [4.78, 5) is 2.56. The van der Waals surface area contributed by atoms with Crippen LogP contribution in [0.1, 0.15) is 46.5 Å². The summed E-state index contributed by atoms with van der Waals surface area (Å²) in [6, 6.07) is 0. The van der Waals surface area contributed by atoms with Gasteiger partial charge in [0.25, 0.3) is 0 Å². The van der Waals surface area contributed by atoms with E-state index < -0.39 is 0 Å². The Kier molecular flexibility index (Phi) is 4.39. The van der Waals surface area contributed by atoms with Gasteiger partial charge in [-0.1, -0.05) is 20.8 Å². The molecule has 2 heteroatoms. The Morgan fingerprint density at radius 1 is 1.36 bits per heavy atom. The predicted molar refractivity (Wildman–Crippen MR) is 62.3 cm³/mol. The summed E-state index contributed by atoms with van der Waals surface area (Å²) in [6.07, 6.45) is 4.93. The van der Waals surface area contributed by atoms with E-state index in [4.69, 9.17) is 5.73 Å². The molecule has 0 radical (unpaired) electrons. The topological polar surface area (TPSA) is 29.3 Å². The summed E-state index contributed by atoms with van der Waals surface area (Å²) in [5, 5.41) is 0. The van der Waals surface area contributed by atoms with Crippen LogP contribution in [0.5, 0.6) is 0 Å². The second-order valence-corrected chi connectivity index (χ2v) is 5.05. The Labute approximate surface area is 88.8 Å². The molecule has 2 N–H and O–H groups in total. The molecule has 1 aliphatic heterocycles. The van der Waals surface area contributed by atoms with Crippen LogP contribution in [0.25, 0.3) is 0 Å². The maximum absolute atomic E-state index is 6.33. The zero-order valence-electron chi connectivity index (χ0n) is 10.1. The lowest BCUT2D eigenvalue weighted by atomic mass is 9.91. The third-order valence-electron chi connectivity index (χ3n) is 3.69. The molecule has 1 saturated heterocycles. The van der Waals surface area contributed by atoms with E-state index in [0.29, 0.717) is 0 Å². The van der Waals surface area contributed by atoms with Crippen LogP contribution >= 0.6 is 0 Å². The molecule has 1 aliphatic rings. The quantitative estimate of drug-likeness (QED) is 0.750. The maximum atomic E-state index is 6.33. The highest BCUT2D eigenvalue weighted by atomic mass is 15.2. The fourth-order valence-corrected chi connectivity index (χ4v) is 2.35. The zero-order chi connectivity index (χ0) is 10.6. The molecule has 0 bridgehead atoms. The van der Waals surface area contributed by atoms with Crippen molar-refractivity contribution < 1.29 is 0 Å². The molecular weight excluding hydrogens is 172 g/mol. The van der Waals surface area contributed by atoms with Crippen LogP contribution in [-0.4, -0.2) is 30.1 Å². The molecule has 1 rings (SSSR count). The number of rotatable bonds is 4. The van der Waals surface area contributed by atoms with Crippen molar-refractivity contribution in [1.29, 1.82) is 0 Å². The minimum atomic E-state index is 0.0526. The minimum Gasteiger partial charge on any atom is -0.324 e. The molecule has 84 valence electrons. The number of nitrogens with zero attached hydrogens (tertiary/aromatic N) is 1. The SMILES string of the molecule is CCC(N)(CC)CN1CCCC(C)C1. The number of hydrogen-bond donors (Lipinski definition) is 1. The fourth-order valence-electron chi connectivity index (χ4n) is 2.35. The molecule has 0 aromatic carbocycles. The van der Waals surface area contributed by atoms with Gasteiger partial charge in [-0.15, -0.1) is 0 Å². The molecule has 0 aromatic heterocycles. The van der Waals surface area contributed by atoms with Crippen LogP contribution in [0.2, 0.25) is 0 Å². The average Bonchev–Trinajstić information content (AvgIpc) is 2.18. The fraction of sp³-hybridized carbons (Fsp3) is 1.00. The van der Waals surface area contributed by atoms with Crippen molar-refractivity contribution in [1.82, 2.24) is 4.90 Å². The predicted octanol–water partition coefficient (Wildman–Crippen LogP) is 2.24. The molecule has 0 amide bonds. The lowest BCUT2D eigenvalue weighted by Crippen LogP contribution is -2.51. The largest absolute Gasteiger partial charge is 0.324 e. The molecule has 0 aromatic rings. The minimum absolute atomic E-state index is 0.0526. The van der Waals surface area contributed by atoms with Gasteiger partial charge in [0, 0.05) is 18.6 Å². The van der Waals surface area contributed by atoms with E-state index in [9.17, 15) is 0 Å². The van der Waals surface area contributed by atoms with Crippen LogP contribution in [0, 0.1) is 5.92 Å². The molecular formula is C12H26N2. The summed E-state index contributed by atoms with van der Waals surface area (Å²) in [5.74, 6) is 0.863. The first-order chi connectivity index (χ1) is 6.59. The summed E-state index contributed by atoms with van der Waals surface area (Å²) < 4.78 is 0. The highest BCUT2D eigenvalue weighted by molar-refractivity contribution is 4.86. The van der Waals surface area contributed by atoms with Gasteiger partial charge in [0.05, 0.1) is 0 Å². The summed E-state index contributed by atoms with van der Waals surface area (Å²) >= 11 is 0. The second-order valence-electron chi connectivity index (χ2n) is 5.05. The molecule has 0 saturated carbocycles. The number of piperidine rings is 1. The number of likely N-dealkylation sites (tertiary alicyclic amines) is 1.